The Morgan fingerprint density at radius 2 is 1.90 bits per heavy atom. The first kappa shape index (κ1) is 14.4. The van der Waals surface area contributed by atoms with E-state index in [9.17, 15) is 0 Å². The van der Waals surface area contributed by atoms with Crippen molar-refractivity contribution in [3.63, 3.8) is 0 Å². The van der Waals surface area contributed by atoms with Crippen LogP contribution in [0.1, 0.15) is 18.1 Å². The van der Waals surface area contributed by atoms with E-state index >= 15 is 0 Å². The van der Waals surface area contributed by atoms with E-state index < -0.39 is 0 Å². The lowest BCUT2D eigenvalue weighted by Gasteiger charge is -2.06. The summed E-state index contributed by atoms with van der Waals surface area (Å²) in [7, 11) is 0. The highest BCUT2D eigenvalue weighted by Crippen LogP contribution is 2.12. The van der Waals surface area contributed by atoms with Crippen LogP contribution in [0.3, 0.4) is 0 Å². The smallest absolute Gasteiger partial charge is 0.119 e. The van der Waals surface area contributed by atoms with Crippen LogP contribution in [0.4, 0.5) is 0 Å². The molecule has 104 valence electrons. The summed E-state index contributed by atoms with van der Waals surface area (Å²) in [6.07, 6.45) is 4.27. The van der Waals surface area contributed by atoms with Gasteiger partial charge in [-0.25, -0.2) is 0 Å². The van der Waals surface area contributed by atoms with E-state index in [0.717, 1.165) is 18.8 Å². The van der Waals surface area contributed by atoms with Crippen LogP contribution in [0.25, 0.3) is 6.08 Å². The van der Waals surface area contributed by atoms with Gasteiger partial charge in [0, 0.05) is 13.1 Å². The van der Waals surface area contributed by atoms with Crippen molar-refractivity contribution < 1.29 is 4.74 Å². The third kappa shape index (κ3) is 4.90. The number of hydrogen-bond acceptors (Lipinski definition) is 2. The molecule has 1 N–H and O–H groups in total. The molecule has 2 nitrogen and oxygen atoms in total. The summed E-state index contributed by atoms with van der Waals surface area (Å²) in [4.78, 5) is 0. The first-order valence-corrected chi connectivity index (χ1v) is 7.02. The van der Waals surface area contributed by atoms with Gasteiger partial charge in [0.1, 0.15) is 5.75 Å². The quantitative estimate of drug-likeness (QED) is 0.768. The van der Waals surface area contributed by atoms with E-state index in [1.165, 1.54) is 11.1 Å². The van der Waals surface area contributed by atoms with E-state index in [2.05, 4.69) is 41.7 Å². The second-order valence-corrected chi connectivity index (χ2v) is 4.52. The molecular weight excluding hydrogens is 246 g/mol. The van der Waals surface area contributed by atoms with Crippen molar-refractivity contribution in [1.29, 1.82) is 0 Å². The zero-order valence-corrected chi connectivity index (χ0v) is 11.9. The van der Waals surface area contributed by atoms with Crippen molar-refractivity contribution in [2.24, 2.45) is 0 Å². The van der Waals surface area contributed by atoms with Crippen LogP contribution < -0.4 is 10.1 Å². The second-order valence-electron chi connectivity index (χ2n) is 4.52. The average Bonchev–Trinajstić information content (AvgIpc) is 2.49. The minimum absolute atomic E-state index is 0.705. The molecule has 0 radical (unpaired) electrons. The molecule has 0 bridgehead atoms. The maximum atomic E-state index is 5.49. The predicted molar refractivity (Wildman–Crippen MR) is 84.8 cm³/mol. The lowest BCUT2D eigenvalue weighted by molar-refractivity contribution is 0.340. The van der Waals surface area contributed by atoms with Crippen molar-refractivity contribution >= 4 is 6.08 Å². The maximum absolute atomic E-state index is 5.49. The standard InChI is InChI=1S/C18H21NO/c1-2-20-18-12-6-10-17(14-18)15-19-13-7-11-16-8-4-3-5-9-16/h3-12,14,19H,2,13,15H2,1H3. The minimum Gasteiger partial charge on any atom is -0.494 e. The molecule has 0 aromatic heterocycles. The fraction of sp³-hybridized carbons (Fsp3) is 0.222. The van der Waals surface area contributed by atoms with Gasteiger partial charge < -0.3 is 10.1 Å². The third-order valence-corrected chi connectivity index (χ3v) is 2.91. The van der Waals surface area contributed by atoms with Crippen LogP contribution in [-0.2, 0) is 6.54 Å². The molecule has 0 aliphatic carbocycles. The second kappa shape index (κ2) is 8.18. The number of ether oxygens (including phenoxy) is 1. The molecule has 0 spiro atoms. The van der Waals surface area contributed by atoms with Crippen molar-refractivity contribution in [1.82, 2.24) is 5.32 Å². The number of hydrogen-bond donors (Lipinski definition) is 1. The highest BCUT2D eigenvalue weighted by Gasteiger charge is 1.95. The summed E-state index contributed by atoms with van der Waals surface area (Å²) >= 11 is 0. The van der Waals surface area contributed by atoms with Gasteiger partial charge in [-0.1, -0.05) is 54.6 Å². The Hall–Kier alpha value is -2.06. The average molecular weight is 267 g/mol. The van der Waals surface area contributed by atoms with Crippen molar-refractivity contribution in [3.8, 4) is 5.75 Å². The van der Waals surface area contributed by atoms with Gasteiger partial charge in [0.2, 0.25) is 0 Å². The molecule has 0 atom stereocenters. The van der Waals surface area contributed by atoms with Gasteiger partial charge in [-0.2, -0.15) is 0 Å². The summed E-state index contributed by atoms with van der Waals surface area (Å²) in [5, 5.41) is 3.40. The summed E-state index contributed by atoms with van der Waals surface area (Å²) in [6.45, 7) is 4.41. The Morgan fingerprint density at radius 1 is 1.05 bits per heavy atom. The highest BCUT2D eigenvalue weighted by molar-refractivity contribution is 5.48. The van der Waals surface area contributed by atoms with Crippen molar-refractivity contribution in [3.05, 3.63) is 71.8 Å². The monoisotopic (exact) mass is 267 g/mol. The molecule has 2 heteroatoms. The molecule has 0 amide bonds. The normalized spacial score (nSPS) is 10.8. The first-order valence-electron chi connectivity index (χ1n) is 7.02. The Bertz CT molecular complexity index is 534. The Morgan fingerprint density at radius 3 is 2.70 bits per heavy atom. The zero-order chi connectivity index (χ0) is 14.0. The molecule has 2 rings (SSSR count). The summed E-state index contributed by atoms with van der Waals surface area (Å²) in [6, 6.07) is 18.5. The highest BCUT2D eigenvalue weighted by atomic mass is 16.5. The van der Waals surface area contributed by atoms with Crippen LogP contribution >= 0.6 is 0 Å². The van der Waals surface area contributed by atoms with E-state index in [0.29, 0.717) is 6.61 Å². The fourth-order valence-corrected chi connectivity index (χ4v) is 1.97. The van der Waals surface area contributed by atoms with Crippen LogP contribution in [0.5, 0.6) is 5.75 Å². The molecule has 2 aromatic rings. The molecule has 0 fully saturated rings. The van der Waals surface area contributed by atoms with Crippen molar-refractivity contribution in [2.45, 2.75) is 13.5 Å². The molecule has 20 heavy (non-hydrogen) atoms. The molecule has 0 aliphatic rings. The molecule has 2 aromatic carbocycles. The Balaban J connectivity index is 1.76. The van der Waals surface area contributed by atoms with Gasteiger partial charge in [-0.05, 0) is 30.2 Å². The molecule has 0 saturated heterocycles. The summed E-state index contributed by atoms with van der Waals surface area (Å²) < 4.78 is 5.49. The van der Waals surface area contributed by atoms with E-state index in [1.807, 2.05) is 37.3 Å². The third-order valence-electron chi connectivity index (χ3n) is 2.91. The van der Waals surface area contributed by atoms with Crippen LogP contribution in [0.2, 0.25) is 0 Å². The lowest BCUT2D eigenvalue weighted by atomic mass is 10.2. The maximum Gasteiger partial charge on any atom is 0.119 e. The number of rotatable bonds is 7. The van der Waals surface area contributed by atoms with E-state index in [4.69, 9.17) is 4.74 Å². The topological polar surface area (TPSA) is 21.3 Å². The van der Waals surface area contributed by atoms with Crippen LogP contribution in [-0.4, -0.2) is 13.2 Å². The molecule has 0 unspecified atom stereocenters. The van der Waals surface area contributed by atoms with Gasteiger partial charge in [0.05, 0.1) is 6.61 Å². The first-order chi connectivity index (χ1) is 9.88. The van der Waals surface area contributed by atoms with Gasteiger partial charge in [0.15, 0.2) is 0 Å². The lowest BCUT2D eigenvalue weighted by Crippen LogP contribution is -2.12. The molecular formula is C18H21NO. The Labute approximate surface area is 121 Å². The number of benzene rings is 2. The van der Waals surface area contributed by atoms with Gasteiger partial charge in [-0.3, -0.25) is 0 Å². The fourth-order valence-electron chi connectivity index (χ4n) is 1.97. The predicted octanol–water partition coefficient (Wildman–Crippen LogP) is 3.89. The van der Waals surface area contributed by atoms with Crippen LogP contribution in [0, 0.1) is 0 Å². The SMILES string of the molecule is CCOc1cccc(CNCC=Cc2ccccc2)c1. The minimum atomic E-state index is 0.705. The Kier molecular flexibility index (Phi) is 5.87. The zero-order valence-electron chi connectivity index (χ0n) is 11.9. The summed E-state index contributed by atoms with van der Waals surface area (Å²) in [5.74, 6) is 0.937. The van der Waals surface area contributed by atoms with Gasteiger partial charge in [-0.15, -0.1) is 0 Å². The van der Waals surface area contributed by atoms with Gasteiger partial charge >= 0.3 is 0 Å². The number of nitrogens with one attached hydrogen (secondary N) is 1. The van der Waals surface area contributed by atoms with E-state index in [-0.39, 0.29) is 0 Å². The van der Waals surface area contributed by atoms with Crippen molar-refractivity contribution in [2.75, 3.05) is 13.2 Å². The molecule has 0 heterocycles. The van der Waals surface area contributed by atoms with E-state index in [1.54, 1.807) is 0 Å². The molecule has 0 saturated carbocycles. The summed E-state index contributed by atoms with van der Waals surface area (Å²) in [5.41, 5.74) is 2.47. The molecule has 0 aliphatic heterocycles. The van der Waals surface area contributed by atoms with Crippen LogP contribution in [0.15, 0.2) is 60.7 Å². The largest absolute Gasteiger partial charge is 0.494 e. The van der Waals surface area contributed by atoms with Gasteiger partial charge in [0.25, 0.3) is 0 Å².